The number of allylic oxidation sites excluding steroid dienone is 1. The van der Waals surface area contributed by atoms with E-state index in [9.17, 15) is 0 Å². The molecular weight excluding hydrogens is 581 g/mol. The molecule has 0 fully saturated rings. The maximum Gasteiger partial charge on any atom is 0.143 e. The van der Waals surface area contributed by atoms with Gasteiger partial charge in [0.05, 0.1) is 0 Å². The van der Waals surface area contributed by atoms with Crippen molar-refractivity contribution in [3.8, 4) is 33.4 Å². The van der Waals surface area contributed by atoms with Crippen LogP contribution in [0.4, 0.5) is 0 Å². The fraction of sp³-hybridized carbons (Fsp3) is 0.0213. The summed E-state index contributed by atoms with van der Waals surface area (Å²) < 4.78 is 6.41. The van der Waals surface area contributed by atoms with Gasteiger partial charge < -0.3 is 4.42 Å². The average molecular weight is 613 g/mol. The zero-order chi connectivity index (χ0) is 32.2. The first-order valence-corrected chi connectivity index (χ1v) is 16.5. The van der Waals surface area contributed by atoms with Crippen LogP contribution in [0.15, 0.2) is 175 Å². The lowest BCUT2D eigenvalue weighted by Gasteiger charge is -2.17. The van der Waals surface area contributed by atoms with Crippen molar-refractivity contribution < 1.29 is 4.42 Å². The van der Waals surface area contributed by atoms with Gasteiger partial charge in [-0.1, -0.05) is 152 Å². The fourth-order valence-corrected chi connectivity index (χ4v) is 7.58. The quantitative estimate of drug-likeness (QED) is 0.143. The lowest BCUT2D eigenvalue weighted by Crippen LogP contribution is -1.90. The van der Waals surface area contributed by atoms with Gasteiger partial charge in [0.2, 0.25) is 0 Å². The Morgan fingerprint density at radius 3 is 1.73 bits per heavy atom. The Kier molecular flexibility index (Phi) is 6.59. The minimum atomic E-state index is 0.922. The van der Waals surface area contributed by atoms with Crippen LogP contribution < -0.4 is 0 Å². The van der Waals surface area contributed by atoms with Crippen LogP contribution in [0.25, 0.3) is 98.4 Å². The number of benzene rings is 9. The standard InChI is InChI=1S/C44H26O.C3H6/c1-2-12-32-27(8-1)9-6-15-35(32)36-23-19-29-20-24-38-33(22-18-28-21-25-39(36)43(29)42(28)38)30-10-5-11-31(26-30)34-14-7-16-40-37-13-3-4-17-41(37)45-44(34)40;1-3-2/h1-26H;3H,1H2,2H3. The first-order valence-electron chi connectivity index (χ1n) is 16.5. The third-order valence-electron chi connectivity index (χ3n) is 9.63. The Morgan fingerprint density at radius 2 is 0.938 bits per heavy atom. The van der Waals surface area contributed by atoms with Crippen molar-refractivity contribution in [3.05, 3.63) is 170 Å². The van der Waals surface area contributed by atoms with Gasteiger partial charge >= 0.3 is 0 Å². The largest absolute Gasteiger partial charge is 0.455 e. The summed E-state index contributed by atoms with van der Waals surface area (Å²) in [6, 6.07) is 57.3. The summed E-state index contributed by atoms with van der Waals surface area (Å²) in [5.74, 6) is 0. The molecule has 9 aromatic carbocycles. The van der Waals surface area contributed by atoms with E-state index in [-0.39, 0.29) is 0 Å². The van der Waals surface area contributed by atoms with E-state index < -0.39 is 0 Å². The Balaban J connectivity index is 0.00000101. The lowest BCUT2D eigenvalue weighted by atomic mass is 9.86. The van der Waals surface area contributed by atoms with Crippen molar-refractivity contribution in [2.24, 2.45) is 0 Å². The van der Waals surface area contributed by atoms with Crippen LogP contribution in [0, 0.1) is 0 Å². The molecule has 1 heteroatoms. The molecule has 10 rings (SSSR count). The number of hydrogen-bond donors (Lipinski definition) is 0. The van der Waals surface area contributed by atoms with Crippen LogP contribution in [0.1, 0.15) is 6.92 Å². The van der Waals surface area contributed by atoms with E-state index in [0.29, 0.717) is 0 Å². The molecule has 226 valence electrons. The molecule has 0 aliphatic carbocycles. The minimum Gasteiger partial charge on any atom is -0.455 e. The summed E-state index contributed by atoms with van der Waals surface area (Å²) >= 11 is 0. The van der Waals surface area contributed by atoms with Gasteiger partial charge in [-0.2, -0.15) is 0 Å². The molecule has 0 amide bonds. The van der Waals surface area contributed by atoms with Gasteiger partial charge in [0.1, 0.15) is 11.2 Å². The lowest BCUT2D eigenvalue weighted by molar-refractivity contribution is 0.670. The van der Waals surface area contributed by atoms with Gasteiger partial charge in [-0.05, 0) is 90.0 Å². The summed E-state index contributed by atoms with van der Waals surface area (Å²) in [7, 11) is 0. The highest BCUT2D eigenvalue weighted by Gasteiger charge is 2.17. The molecule has 0 aliphatic rings. The summed E-state index contributed by atoms with van der Waals surface area (Å²) in [5.41, 5.74) is 9.12. The molecule has 0 saturated carbocycles. The van der Waals surface area contributed by atoms with Crippen LogP contribution >= 0.6 is 0 Å². The fourth-order valence-electron chi connectivity index (χ4n) is 7.58. The first-order chi connectivity index (χ1) is 23.7. The van der Waals surface area contributed by atoms with E-state index in [0.717, 1.165) is 33.1 Å². The Bertz CT molecular complexity index is 2810. The minimum absolute atomic E-state index is 0.922. The SMILES string of the molecule is C=CC.c1cc(-c2ccc3ccc4c(-c5cccc6ccccc56)ccc5ccc2c3c54)cc(-c2cccc3c2oc2ccccc23)c1. The molecule has 1 heterocycles. The maximum atomic E-state index is 6.41. The number of para-hydroxylation sites is 2. The van der Waals surface area contributed by atoms with Crippen molar-refractivity contribution in [1.29, 1.82) is 0 Å². The second-order valence-corrected chi connectivity index (χ2v) is 12.4. The van der Waals surface area contributed by atoms with Gasteiger partial charge in [-0.3, -0.25) is 0 Å². The van der Waals surface area contributed by atoms with Crippen molar-refractivity contribution in [2.75, 3.05) is 0 Å². The number of hydrogen-bond acceptors (Lipinski definition) is 1. The number of rotatable bonds is 3. The monoisotopic (exact) mass is 612 g/mol. The third-order valence-corrected chi connectivity index (χ3v) is 9.63. The van der Waals surface area contributed by atoms with Crippen LogP contribution in [0.3, 0.4) is 0 Å². The van der Waals surface area contributed by atoms with Gasteiger partial charge in [0.15, 0.2) is 0 Å². The van der Waals surface area contributed by atoms with E-state index >= 15 is 0 Å². The van der Waals surface area contributed by atoms with Crippen molar-refractivity contribution in [1.82, 2.24) is 0 Å². The second kappa shape index (κ2) is 11.3. The third kappa shape index (κ3) is 4.32. The first kappa shape index (κ1) is 28.1. The topological polar surface area (TPSA) is 13.1 Å². The molecule has 0 aliphatic heterocycles. The summed E-state index contributed by atoms with van der Waals surface area (Å²) in [6.07, 6.45) is 1.75. The van der Waals surface area contributed by atoms with Crippen LogP contribution in [-0.4, -0.2) is 0 Å². The zero-order valence-electron chi connectivity index (χ0n) is 26.7. The molecule has 0 radical (unpaired) electrons. The molecule has 48 heavy (non-hydrogen) atoms. The van der Waals surface area contributed by atoms with Crippen molar-refractivity contribution in [2.45, 2.75) is 6.92 Å². The smallest absolute Gasteiger partial charge is 0.143 e. The summed E-state index contributed by atoms with van der Waals surface area (Å²) in [6.45, 7) is 5.25. The van der Waals surface area contributed by atoms with Crippen molar-refractivity contribution in [3.63, 3.8) is 0 Å². The van der Waals surface area contributed by atoms with E-state index in [1.54, 1.807) is 6.08 Å². The van der Waals surface area contributed by atoms with Crippen molar-refractivity contribution >= 4 is 65.0 Å². The Morgan fingerprint density at radius 1 is 0.417 bits per heavy atom. The Labute approximate surface area is 279 Å². The summed E-state index contributed by atoms with van der Waals surface area (Å²) in [5, 5.41) is 12.6. The van der Waals surface area contributed by atoms with E-state index in [4.69, 9.17) is 4.42 Å². The molecule has 0 saturated heterocycles. The molecular formula is C47H32O. The van der Waals surface area contributed by atoms with Gasteiger partial charge in [0.25, 0.3) is 0 Å². The van der Waals surface area contributed by atoms with Gasteiger partial charge in [-0.25, -0.2) is 0 Å². The maximum absolute atomic E-state index is 6.41. The molecule has 0 unspecified atom stereocenters. The molecule has 0 N–H and O–H groups in total. The molecule has 1 nitrogen and oxygen atoms in total. The normalized spacial score (nSPS) is 11.5. The van der Waals surface area contributed by atoms with E-state index in [2.05, 4.69) is 152 Å². The van der Waals surface area contributed by atoms with E-state index in [1.165, 1.54) is 65.3 Å². The summed E-state index contributed by atoms with van der Waals surface area (Å²) in [4.78, 5) is 0. The number of furan rings is 1. The number of fused-ring (bicyclic) bond motifs is 4. The molecule has 0 spiro atoms. The Hall–Kier alpha value is -6.18. The van der Waals surface area contributed by atoms with Gasteiger partial charge in [-0.15, -0.1) is 6.58 Å². The van der Waals surface area contributed by atoms with Crippen LogP contribution in [0.5, 0.6) is 0 Å². The molecule has 0 atom stereocenters. The predicted molar refractivity (Wildman–Crippen MR) is 207 cm³/mol. The van der Waals surface area contributed by atoms with Gasteiger partial charge in [0, 0.05) is 16.3 Å². The highest BCUT2D eigenvalue weighted by Crippen LogP contribution is 2.44. The highest BCUT2D eigenvalue weighted by atomic mass is 16.3. The second-order valence-electron chi connectivity index (χ2n) is 12.4. The molecule has 0 bridgehead atoms. The molecule has 1 aromatic heterocycles. The van der Waals surface area contributed by atoms with Crippen LogP contribution in [-0.2, 0) is 0 Å². The van der Waals surface area contributed by atoms with E-state index in [1.807, 2.05) is 19.1 Å². The predicted octanol–water partition coefficient (Wildman–Crippen LogP) is 13.8. The van der Waals surface area contributed by atoms with Crippen LogP contribution in [0.2, 0.25) is 0 Å². The molecule has 10 aromatic rings. The average Bonchev–Trinajstić information content (AvgIpc) is 3.53. The zero-order valence-corrected chi connectivity index (χ0v) is 26.7. The highest BCUT2D eigenvalue weighted by molar-refractivity contribution is 6.28.